The third-order valence-corrected chi connectivity index (χ3v) is 6.63. The lowest BCUT2D eigenvalue weighted by molar-refractivity contribution is -0.138. The van der Waals surface area contributed by atoms with E-state index in [1.54, 1.807) is 18.2 Å². The Morgan fingerprint density at radius 3 is 2.51 bits per heavy atom. The molecule has 3 N–H and O–H groups in total. The minimum atomic E-state index is -4.43. The summed E-state index contributed by atoms with van der Waals surface area (Å²) >= 11 is 0. The van der Waals surface area contributed by atoms with Gasteiger partial charge in [0, 0.05) is 24.2 Å². The molecule has 5 rings (SSSR count). The van der Waals surface area contributed by atoms with Crippen molar-refractivity contribution in [2.45, 2.75) is 56.7 Å². The summed E-state index contributed by atoms with van der Waals surface area (Å²) in [4.78, 5) is 20.6. The number of benzene rings is 1. The van der Waals surface area contributed by atoms with Gasteiger partial charge in [0.2, 0.25) is 5.88 Å². The first kappa shape index (κ1) is 24.8. The van der Waals surface area contributed by atoms with Crippen molar-refractivity contribution in [1.29, 1.82) is 0 Å². The van der Waals surface area contributed by atoms with Crippen molar-refractivity contribution >= 4 is 17.8 Å². The van der Waals surface area contributed by atoms with Gasteiger partial charge in [0.1, 0.15) is 11.6 Å². The maximum atomic E-state index is 13.3. The minimum Gasteiger partial charge on any atom is -0.439 e. The predicted octanol–water partition coefficient (Wildman–Crippen LogP) is 6.50. The molecule has 2 aliphatic carbocycles. The number of nitrogens with two attached hydrogens (primary N) is 1. The fraction of sp³-hybridized carbons (Fsp3) is 0.321. The third kappa shape index (κ3) is 6.28. The second-order valence-corrected chi connectivity index (χ2v) is 9.55. The number of pyridine rings is 2. The molecule has 192 valence electrons. The molecular weight excluding hydrogens is 481 g/mol. The van der Waals surface area contributed by atoms with Gasteiger partial charge in [-0.2, -0.15) is 13.2 Å². The number of hydrogen-bond donors (Lipinski definition) is 2. The summed E-state index contributed by atoms with van der Waals surface area (Å²) in [5.41, 5.74) is 7.66. The molecule has 0 atom stereocenters. The van der Waals surface area contributed by atoms with E-state index < -0.39 is 11.7 Å². The molecule has 1 aromatic carbocycles. The molecular formula is C28H27F3N4O2. The number of alkyl halides is 3. The molecule has 2 aliphatic rings. The SMILES string of the molecule is Nc1ccc(C(=O)NC2CCC(=Cc3cccc(Oc4ccc(C(F)(F)F)c(C5CC5)n4)c3)CC2)cn1. The van der Waals surface area contributed by atoms with Gasteiger partial charge >= 0.3 is 6.18 Å². The first-order chi connectivity index (χ1) is 17.7. The van der Waals surface area contributed by atoms with Crippen molar-refractivity contribution in [2.24, 2.45) is 0 Å². The molecule has 1 amide bonds. The van der Waals surface area contributed by atoms with E-state index in [0.717, 1.165) is 37.3 Å². The van der Waals surface area contributed by atoms with Gasteiger partial charge in [-0.15, -0.1) is 0 Å². The number of carbonyl (C=O) groups excluding carboxylic acids is 1. The van der Waals surface area contributed by atoms with Crippen LogP contribution >= 0.6 is 0 Å². The Bertz CT molecular complexity index is 1310. The summed E-state index contributed by atoms with van der Waals surface area (Å²) in [5.74, 6) is 0.738. The van der Waals surface area contributed by atoms with Crippen LogP contribution in [0.25, 0.3) is 6.08 Å². The van der Waals surface area contributed by atoms with Gasteiger partial charge < -0.3 is 15.8 Å². The Labute approximate surface area is 212 Å². The highest BCUT2D eigenvalue weighted by Crippen LogP contribution is 2.45. The highest BCUT2D eigenvalue weighted by atomic mass is 19.4. The number of rotatable bonds is 6. The van der Waals surface area contributed by atoms with Gasteiger partial charge in [-0.25, -0.2) is 9.97 Å². The van der Waals surface area contributed by atoms with Crippen LogP contribution in [0.3, 0.4) is 0 Å². The van der Waals surface area contributed by atoms with Gasteiger partial charge in [0.05, 0.1) is 16.8 Å². The van der Waals surface area contributed by atoms with E-state index in [0.29, 0.717) is 30.0 Å². The topological polar surface area (TPSA) is 90.1 Å². The van der Waals surface area contributed by atoms with Gasteiger partial charge in [-0.3, -0.25) is 4.79 Å². The average Bonchev–Trinajstić information content (AvgIpc) is 3.71. The molecule has 0 unspecified atom stereocenters. The number of ether oxygens (including phenoxy) is 1. The zero-order valence-electron chi connectivity index (χ0n) is 20.1. The Morgan fingerprint density at radius 2 is 1.84 bits per heavy atom. The number of amides is 1. The normalized spacial score (nSPS) is 17.8. The monoisotopic (exact) mass is 508 g/mol. The molecule has 2 saturated carbocycles. The van der Waals surface area contributed by atoms with E-state index in [4.69, 9.17) is 10.5 Å². The predicted molar refractivity (Wildman–Crippen MR) is 134 cm³/mol. The van der Waals surface area contributed by atoms with Gasteiger partial charge in [-0.1, -0.05) is 23.8 Å². The summed E-state index contributed by atoms with van der Waals surface area (Å²) < 4.78 is 45.8. The minimum absolute atomic E-state index is 0.0692. The van der Waals surface area contributed by atoms with Crippen molar-refractivity contribution in [3.05, 3.63) is 82.7 Å². The molecule has 2 fully saturated rings. The average molecular weight is 509 g/mol. The van der Waals surface area contributed by atoms with E-state index in [1.807, 2.05) is 18.2 Å². The highest BCUT2D eigenvalue weighted by molar-refractivity contribution is 5.94. The fourth-order valence-corrected chi connectivity index (χ4v) is 4.53. The number of nitrogen functional groups attached to an aromatic ring is 1. The number of anilines is 1. The Morgan fingerprint density at radius 1 is 1.05 bits per heavy atom. The Kier molecular flexibility index (Phi) is 6.86. The number of allylic oxidation sites excluding steroid dienone is 1. The maximum Gasteiger partial charge on any atom is 0.418 e. The van der Waals surface area contributed by atoms with Crippen LogP contribution in [0, 0.1) is 0 Å². The van der Waals surface area contributed by atoms with Crippen molar-refractivity contribution in [1.82, 2.24) is 15.3 Å². The lowest BCUT2D eigenvalue weighted by Crippen LogP contribution is -2.36. The van der Waals surface area contributed by atoms with Crippen LogP contribution in [-0.2, 0) is 6.18 Å². The van der Waals surface area contributed by atoms with Crippen LogP contribution in [0.5, 0.6) is 11.6 Å². The molecule has 0 spiro atoms. The molecule has 6 nitrogen and oxygen atoms in total. The summed E-state index contributed by atoms with van der Waals surface area (Å²) in [5, 5.41) is 3.06. The zero-order valence-corrected chi connectivity index (χ0v) is 20.1. The highest BCUT2D eigenvalue weighted by Gasteiger charge is 2.39. The largest absolute Gasteiger partial charge is 0.439 e. The fourth-order valence-electron chi connectivity index (χ4n) is 4.53. The van der Waals surface area contributed by atoms with Crippen LogP contribution in [0.4, 0.5) is 19.0 Å². The van der Waals surface area contributed by atoms with Crippen LogP contribution < -0.4 is 15.8 Å². The van der Waals surface area contributed by atoms with Crippen molar-refractivity contribution in [2.75, 3.05) is 5.73 Å². The zero-order chi connectivity index (χ0) is 26.0. The van der Waals surface area contributed by atoms with Crippen LogP contribution in [0.1, 0.15) is 71.6 Å². The van der Waals surface area contributed by atoms with E-state index in [9.17, 15) is 18.0 Å². The number of hydrogen-bond acceptors (Lipinski definition) is 5. The van der Waals surface area contributed by atoms with Crippen LogP contribution in [-0.4, -0.2) is 21.9 Å². The molecule has 0 bridgehead atoms. The first-order valence-corrected chi connectivity index (χ1v) is 12.3. The maximum absolute atomic E-state index is 13.3. The van der Waals surface area contributed by atoms with Gasteiger partial charge in [0.15, 0.2) is 0 Å². The second-order valence-electron chi connectivity index (χ2n) is 9.55. The quantitative estimate of drug-likeness (QED) is 0.397. The second kappa shape index (κ2) is 10.2. The number of halogens is 3. The van der Waals surface area contributed by atoms with Crippen LogP contribution in [0.2, 0.25) is 0 Å². The Hall–Kier alpha value is -3.88. The molecule has 2 heterocycles. The molecule has 0 radical (unpaired) electrons. The third-order valence-electron chi connectivity index (χ3n) is 6.63. The number of nitrogens with one attached hydrogen (secondary N) is 1. The van der Waals surface area contributed by atoms with Crippen molar-refractivity contribution < 1.29 is 22.7 Å². The summed E-state index contributed by atoms with van der Waals surface area (Å²) in [7, 11) is 0. The lowest BCUT2D eigenvalue weighted by atomic mass is 9.89. The van der Waals surface area contributed by atoms with E-state index in [1.165, 1.54) is 17.8 Å². The molecule has 9 heteroatoms. The molecule has 3 aromatic rings. The van der Waals surface area contributed by atoms with Gasteiger partial charge in [0.25, 0.3) is 5.91 Å². The summed E-state index contributed by atoms with van der Waals surface area (Å²) in [6.45, 7) is 0. The number of carbonyl (C=O) groups is 1. The summed E-state index contributed by atoms with van der Waals surface area (Å²) in [6, 6.07) is 13.1. The van der Waals surface area contributed by atoms with E-state index >= 15 is 0 Å². The van der Waals surface area contributed by atoms with Gasteiger partial charge in [-0.05, 0) is 74.4 Å². The standard InChI is InChI=1S/C28H27F3N4O2/c29-28(30,31)23-11-13-25(35-26(23)19-6-7-19)37-22-3-1-2-18(15-22)14-17-4-9-21(10-5-17)34-27(36)20-8-12-24(32)33-16-20/h1-3,8,11-16,19,21H,4-7,9-10H2,(H2,32,33)(H,34,36). The number of nitrogens with zero attached hydrogens (tertiary/aromatic N) is 2. The molecule has 0 aliphatic heterocycles. The summed E-state index contributed by atoms with van der Waals surface area (Å²) in [6.07, 6.45) is 3.93. The molecule has 37 heavy (non-hydrogen) atoms. The van der Waals surface area contributed by atoms with Crippen LogP contribution in [0.15, 0.2) is 60.3 Å². The van der Waals surface area contributed by atoms with E-state index in [2.05, 4.69) is 21.4 Å². The first-order valence-electron chi connectivity index (χ1n) is 12.3. The number of aromatic nitrogens is 2. The smallest absolute Gasteiger partial charge is 0.418 e. The van der Waals surface area contributed by atoms with Crippen molar-refractivity contribution in [3.8, 4) is 11.6 Å². The Balaban J connectivity index is 1.20. The molecule has 0 saturated heterocycles. The lowest BCUT2D eigenvalue weighted by Gasteiger charge is -2.25. The molecule has 2 aromatic heterocycles. The van der Waals surface area contributed by atoms with E-state index in [-0.39, 0.29) is 29.4 Å². The van der Waals surface area contributed by atoms with Crippen molar-refractivity contribution in [3.63, 3.8) is 0 Å².